The summed E-state index contributed by atoms with van der Waals surface area (Å²) in [5, 5.41) is 0. The average Bonchev–Trinajstić information content (AvgIpc) is 3.17. The predicted molar refractivity (Wildman–Crippen MR) is 168 cm³/mol. The fourth-order valence-electron chi connectivity index (χ4n) is 11.0. The molecule has 3 unspecified atom stereocenters. The van der Waals surface area contributed by atoms with Crippen molar-refractivity contribution in [3.8, 4) is 0 Å². The van der Waals surface area contributed by atoms with Crippen molar-refractivity contribution in [1.82, 2.24) is 0 Å². The summed E-state index contributed by atoms with van der Waals surface area (Å²) in [5.41, 5.74) is 1.53. The summed E-state index contributed by atoms with van der Waals surface area (Å²) in [4.78, 5) is 0. The van der Waals surface area contributed by atoms with Crippen molar-refractivity contribution in [2.75, 3.05) is 0 Å². The molecule has 0 aromatic heterocycles. The first-order valence-corrected chi connectivity index (χ1v) is 19.6. The summed E-state index contributed by atoms with van der Waals surface area (Å²) in [7, 11) is -0.639. The first-order valence-electron chi connectivity index (χ1n) is 17.2. The van der Waals surface area contributed by atoms with E-state index in [1.165, 1.54) is 70.6 Å². The van der Waals surface area contributed by atoms with Crippen LogP contribution in [0.25, 0.3) is 0 Å². The molecule has 10 atom stereocenters. The second-order valence-corrected chi connectivity index (χ2v) is 19.3. The van der Waals surface area contributed by atoms with Gasteiger partial charge in [-0.15, -0.1) is 0 Å². The largest absolute Gasteiger partial charge is 0.414 e. The number of hydrogen-bond acceptors (Lipinski definition) is 1. The highest BCUT2D eigenvalue weighted by Crippen LogP contribution is 2.68. The van der Waals surface area contributed by atoms with Crippen LogP contribution in [0.2, 0.25) is 13.1 Å². The molecule has 4 fully saturated rings. The predicted octanol–water partition coefficient (Wildman–Crippen LogP) is 11.2. The van der Waals surface area contributed by atoms with Crippen molar-refractivity contribution < 1.29 is 4.43 Å². The maximum Gasteiger partial charge on any atom is 0.205 e. The quantitative estimate of drug-likeness (QED) is 0.249. The van der Waals surface area contributed by atoms with Crippen LogP contribution in [0.1, 0.15) is 145 Å². The molecule has 0 aromatic rings. The summed E-state index contributed by atoms with van der Waals surface area (Å²) >= 11 is 0. The van der Waals surface area contributed by atoms with Gasteiger partial charge in [-0.3, -0.25) is 0 Å². The molecule has 0 N–H and O–H groups in total. The minimum absolute atomic E-state index is 0.267. The van der Waals surface area contributed by atoms with E-state index in [4.69, 9.17) is 4.43 Å². The zero-order valence-corrected chi connectivity index (χ0v) is 28.5. The average molecular weight is 544 g/mol. The van der Waals surface area contributed by atoms with Gasteiger partial charge in [0.1, 0.15) is 0 Å². The Bertz CT molecular complexity index is 753. The first-order chi connectivity index (χ1) is 17.8. The summed E-state index contributed by atoms with van der Waals surface area (Å²) in [6.07, 6.45) is 21.2. The van der Waals surface area contributed by atoms with Crippen LogP contribution in [0.4, 0.5) is 0 Å². The van der Waals surface area contributed by atoms with Gasteiger partial charge in [0.15, 0.2) is 0 Å². The van der Waals surface area contributed by atoms with Crippen molar-refractivity contribution in [2.45, 2.75) is 164 Å². The minimum Gasteiger partial charge on any atom is -0.414 e. The van der Waals surface area contributed by atoms with Gasteiger partial charge < -0.3 is 4.43 Å². The molecule has 0 aliphatic heterocycles. The smallest absolute Gasteiger partial charge is 0.205 e. The molecule has 4 rings (SSSR count). The topological polar surface area (TPSA) is 9.23 Å². The molecule has 4 saturated carbocycles. The van der Waals surface area contributed by atoms with E-state index >= 15 is 0 Å². The third-order valence-electron chi connectivity index (χ3n) is 13.2. The van der Waals surface area contributed by atoms with Crippen LogP contribution in [0.15, 0.2) is 0 Å². The van der Waals surface area contributed by atoms with Gasteiger partial charge in [-0.05, 0) is 147 Å². The molecule has 0 aromatic carbocycles. The number of rotatable bonds is 10. The molecule has 0 amide bonds. The second-order valence-electron chi connectivity index (χ2n) is 17.3. The Kier molecular flexibility index (Phi) is 9.98. The van der Waals surface area contributed by atoms with Crippen molar-refractivity contribution >= 4 is 9.04 Å². The molecule has 2 heteroatoms. The van der Waals surface area contributed by atoms with Crippen LogP contribution in [0.5, 0.6) is 0 Å². The monoisotopic (exact) mass is 543 g/mol. The minimum atomic E-state index is -0.639. The summed E-state index contributed by atoms with van der Waals surface area (Å²) in [6, 6.07) is 0. The fourth-order valence-corrected chi connectivity index (χ4v) is 12.0. The highest BCUT2D eigenvalue weighted by Gasteiger charge is 2.60. The van der Waals surface area contributed by atoms with E-state index in [9.17, 15) is 0 Å². The zero-order chi connectivity index (χ0) is 27.9. The lowest BCUT2D eigenvalue weighted by atomic mass is 9.44. The molecule has 0 heterocycles. The van der Waals surface area contributed by atoms with Gasteiger partial charge in [0.25, 0.3) is 0 Å². The fraction of sp³-hybridized carbons (Fsp3) is 1.00. The van der Waals surface area contributed by atoms with E-state index in [0.29, 0.717) is 16.9 Å². The van der Waals surface area contributed by atoms with Crippen molar-refractivity contribution in [1.29, 1.82) is 0 Å². The SMILES string of the molecule is CC(C)CCC[C@@H](C)[C@H]1CC[C@H]2[C@@H]3CCC4CC(CCC(O[Si](C)C)C(C)(C)C)CC[C@]4(C)[C@H]3CC[C@]12C. The standard InChI is InChI=1S/C36H67OSi/c1-25(2)12-11-13-26(3)30-17-18-31-29-16-15-28-24-27(14-19-33(34(4,5)6)37-38(9)10)20-22-35(28,7)32(29)21-23-36(30,31)8/h25-33H,11-24H2,1-10H3/t26-,27?,28?,29+,30-,31+,32+,33?,35+,36-/m1/s1. The number of fused-ring (bicyclic) bond motifs is 5. The molecule has 1 radical (unpaired) electrons. The Hall–Kier alpha value is 0.177. The summed E-state index contributed by atoms with van der Waals surface area (Å²) in [5.74, 6) is 7.81. The molecule has 0 saturated heterocycles. The maximum absolute atomic E-state index is 6.51. The van der Waals surface area contributed by atoms with E-state index < -0.39 is 9.04 Å². The Labute approximate surface area is 241 Å². The van der Waals surface area contributed by atoms with Crippen molar-refractivity contribution in [3.63, 3.8) is 0 Å². The highest BCUT2D eigenvalue weighted by molar-refractivity contribution is 6.48. The van der Waals surface area contributed by atoms with E-state index in [1.54, 1.807) is 19.3 Å². The zero-order valence-electron chi connectivity index (χ0n) is 27.5. The molecule has 4 aliphatic rings. The first kappa shape index (κ1) is 31.1. The van der Waals surface area contributed by atoms with Gasteiger partial charge in [0.05, 0.1) is 0 Å². The molecule has 0 spiro atoms. The Morgan fingerprint density at radius 3 is 2.16 bits per heavy atom. The Balaban J connectivity index is 1.36. The molecular formula is C36H67OSi. The molecule has 38 heavy (non-hydrogen) atoms. The summed E-state index contributed by atoms with van der Waals surface area (Å²) < 4.78 is 6.51. The van der Waals surface area contributed by atoms with Gasteiger partial charge >= 0.3 is 0 Å². The molecule has 1 nitrogen and oxygen atoms in total. The van der Waals surface area contributed by atoms with Crippen LogP contribution in [-0.2, 0) is 4.43 Å². The van der Waals surface area contributed by atoms with Gasteiger partial charge in [-0.25, -0.2) is 0 Å². The third kappa shape index (κ3) is 6.47. The normalized spacial score (nSPS) is 41.1. The van der Waals surface area contributed by atoms with Crippen LogP contribution in [-0.4, -0.2) is 15.1 Å². The second kappa shape index (κ2) is 12.2. The van der Waals surface area contributed by atoms with Crippen molar-refractivity contribution in [2.24, 2.45) is 63.6 Å². The van der Waals surface area contributed by atoms with E-state index in [0.717, 1.165) is 47.3 Å². The summed E-state index contributed by atoms with van der Waals surface area (Å²) in [6.45, 7) is 24.7. The van der Waals surface area contributed by atoms with Gasteiger partial charge in [-0.2, -0.15) is 0 Å². The van der Waals surface area contributed by atoms with Crippen molar-refractivity contribution in [3.05, 3.63) is 0 Å². The van der Waals surface area contributed by atoms with E-state index in [2.05, 4.69) is 68.5 Å². The molecular weight excluding hydrogens is 476 g/mol. The van der Waals surface area contributed by atoms with Gasteiger partial charge in [0.2, 0.25) is 9.04 Å². The van der Waals surface area contributed by atoms with Crippen LogP contribution in [0, 0.1) is 63.6 Å². The lowest BCUT2D eigenvalue weighted by molar-refractivity contribution is -0.122. The Morgan fingerprint density at radius 1 is 0.816 bits per heavy atom. The van der Waals surface area contributed by atoms with Gasteiger partial charge in [-0.1, -0.05) is 74.7 Å². The van der Waals surface area contributed by atoms with Gasteiger partial charge in [0, 0.05) is 6.10 Å². The molecule has 0 bridgehead atoms. The number of hydrogen-bond donors (Lipinski definition) is 0. The lowest BCUT2D eigenvalue weighted by Crippen LogP contribution is -2.53. The molecule has 4 aliphatic carbocycles. The van der Waals surface area contributed by atoms with Crippen LogP contribution >= 0.6 is 0 Å². The van der Waals surface area contributed by atoms with Crippen LogP contribution < -0.4 is 0 Å². The van der Waals surface area contributed by atoms with E-state index in [1.807, 2.05) is 0 Å². The van der Waals surface area contributed by atoms with E-state index in [-0.39, 0.29) is 5.41 Å². The third-order valence-corrected chi connectivity index (χ3v) is 13.9. The Morgan fingerprint density at radius 2 is 1.50 bits per heavy atom. The van der Waals surface area contributed by atoms with Crippen LogP contribution in [0.3, 0.4) is 0 Å². The molecule has 221 valence electrons. The highest BCUT2D eigenvalue weighted by atomic mass is 28.3. The maximum atomic E-state index is 6.51. The lowest BCUT2D eigenvalue weighted by Gasteiger charge is -2.61.